The van der Waals surface area contributed by atoms with E-state index in [1.54, 1.807) is 6.20 Å². The lowest BCUT2D eigenvalue weighted by molar-refractivity contribution is 0.120. The molecule has 92 valence electrons. The Morgan fingerprint density at radius 3 is 2.53 bits per heavy atom. The topological polar surface area (TPSA) is 32.3 Å². The molecule has 2 heterocycles. The van der Waals surface area contributed by atoms with Crippen molar-refractivity contribution >= 4 is 17.4 Å². The summed E-state index contributed by atoms with van der Waals surface area (Å²) in [5.41, 5.74) is 0. The fraction of sp³-hybridized carbons (Fsp3) is 0.667. The van der Waals surface area contributed by atoms with Crippen LogP contribution in [0.15, 0.2) is 12.3 Å². The van der Waals surface area contributed by atoms with Crippen LogP contribution in [-0.4, -0.2) is 47.1 Å². The highest BCUT2D eigenvalue weighted by molar-refractivity contribution is 6.28. The maximum atomic E-state index is 5.82. The van der Waals surface area contributed by atoms with Crippen LogP contribution in [-0.2, 0) is 0 Å². The second-order valence-electron chi connectivity index (χ2n) is 4.79. The van der Waals surface area contributed by atoms with Gasteiger partial charge in [0.05, 0.1) is 0 Å². The molecule has 3 rings (SSSR count). The second-order valence-corrected chi connectivity index (χ2v) is 5.13. The third-order valence-corrected chi connectivity index (χ3v) is 4.02. The van der Waals surface area contributed by atoms with Crippen molar-refractivity contribution in [1.29, 1.82) is 0 Å². The van der Waals surface area contributed by atoms with Gasteiger partial charge in [-0.2, -0.15) is 0 Å². The van der Waals surface area contributed by atoms with E-state index < -0.39 is 0 Å². The van der Waals surface area contributed by atoms with Crippen molar-refractivity contribution in [2.75, 3.05) is 31.1 Å². The highest BCUT2D eigenvalue weighted by Crippen LogP contribution is 2.26. The normalized spacial score (nSPS) is 22.5. The standard InChI is InChI=1S/C12H17ClN4/c13-12-14-5-4-11(15-12)17-8-6-16(7-9-17)10-2-1-3-10/h4-5,10H,1-3,6-9H2. The molecule has 4 nitrogen and oxygen atoms in total. The quantitative estimate of drug-likeness (QED) is 0.752. The number of halogens is 1. The van der Waals surface area contributed by atoms with E-state index in [4.69, 9.17) is 11.6 Å². The van der Waals surface area contributed by atoms with E-state index >= 15 is 0 Å². The van der Waals surface area contributed by atoms with Gasteiger partial charge < -0.3 is 4.90 Å². The molecule has 1 aliphatic carbocycles. The summed E-state index contributed by atoms with van der Waals surface area (Å²) in [4.78, 5) is 13.1. The lowest BCUT2D eigenvalue weighted by Gasteiger charge is -2.43. The zero-order valence-electron chi connectivity index (χ0n) is 9.85. The zero-order chi connectivity index (χ0) is 11.7. The molecule has 0 spiro atoms. The van der Waals surface area contributed by atoms with Crippen LogP contribution in [0.2, 0.25) is 5.28 Å². The summed E-state index contributed by atoms with van der Waals surface area (Å²) in [6.45, 7) is 4.38. The van der Waals surface area contributed by atoms with E-state index in [2.05, 4.69) is 19.8 Å². The van der Waals surface area contributed by atoms with Gasteiger partial charge in [-0.1, -0.05) is 6.42 Å². The Hall–Kier alpha value is -0.870. The molecule has 17 heavy (non-hydrogen) atoms. The van der Waals surface area contributed by atoms with Crippen molar-refractivity contribution in [3.63, 3.8) is 0 Å². The first-order valence-electron chi connectivity index (χ1n) is 6.30. The summed E-state index contributed by atoms with van der Waals surface area (Å²) in [5.74, 6) is 0.957. The third-order valence-electron chi connectivity index (χ3n) is 3.84. The van der Waals surface area contributed by atoms with Gasteiger partial charge in [-0.3, -0.25) is 4.90 Å². The fourth-order valence-electron chi connectivity index (χ4n) is 2.57. The first-order chi connectivity index (χ1) is 8.33. The first-order valence-corrected chi connectivity index (χ1v) is 6.68. The van der Waals surface area contributed by atoms with Crippen LogP contribution in [0.3, 0.4) is 0 Å². The molecule has 1 saturated carbocycles. The lowest BCUT2D eigenvalue weighted by Crippen LogP contribution is -2.52. The smallest absolute Gasteiger partial charge is 0.224 e. The molecular weight excluding hydrogens is 236 g/mol. The second kappa shape index (κ2) is 4.78. The molecule has 0 amide bonds. The van der Waals surface area contributed by atoms with Crippen molar-refractivity contribution in [2.45, 2.75) is 25.3 Å². The maximum absolute atomic E-state index is 5.82. The minimum absolute atomic E-state index is 0.337. The van der Waals surface area contributed by atoms with Crippen LogP contribution < -0.4 is 4.90 Å². The summed E-state index contributed by atoms with van der Waals surface area (Å²) < 4.78 is 0. The zero-order valence-corrected chi connectivity index (χ0v) is 10.6. The molecule has 2 aliphatic rings. The Kier molecular flexibility index (Phi) is 3.16. The van der Waals surface area contributed by atoms with Crippen LogP contribution >= 0.6 is 11.6 Å². The summed E-state index contributed by atoms with van der Waals surface area (Å²) in [7, 11) is 0. The van der Waals surface area contributed by atoms with Crippen LogP contribution in [0.5, 0.6) is 0 Å². The van der Waals surface area contributed by atoms with Crippen molar-refractivity contribution < 1.29 is 0 Å². The molecule has 0 unspecified atom stereocenters. The van der Waals surface area contributed by atoms with Crippen LogP contribution in [0, 0.1) is 0 Å². The number of hydrogen-bond acceptors (Lipinski definition) is 4. The largest absolute Gasteiger partial charge is 0.354 e. The van der Waals surface area contributed by atoms with E-state index in [0.29, 0.717) is 5.28 Å². The van der Waals surface area contributed by atoms with Gasteiger partial charge in [-0.25, -0.2) is 9.97 Å². The van der Waals surface area contributed by atoms with Gasteiger partial charge in [0.2, 0.25) is 5.28 Å². The molecule has 1 aliphatic heterocycles. The molecule has 1 aromatic heterocycles. The van der Waals surface area contributed by atoms with Crippen LogP contribution in [0.25, 0.3) is 0 Å². The molecular formula is C12H17ClN4. The lowest BCUT2D eigenvalue weighted by atomic mass is 9.91. The fourth-order valence-corrected chi connectivity index (χ4v) is 2.71. The predicted octanol–water partition coefficient (Wildman–Crippen LogP) is 1.80. The Labute approximate surface area is 107 Å². The van der Waals surface area contributed by atoms with Gasteiger partial charge in [0.25, 0.3) is 0 Å². The predicted molar refractivity (Wildman–Crippen MR) is 68.5 cm³/mol. The summed E-state index contributed by atoms with van der Waals surface area (Å²) in [6, 6.07) is 2.79. The molecule has 0 radical (unpaired) electrons. The molecule has 2 fully saturated rings. The van der Waals surface area contributed by atoms with Gasteiger partial charge in [-0.15, -0.1) is 0 Å². The molecule has 0 N–H and O–H groups in total. The van der Waals surface area contributed by atoms with Gasteiger partial charge in [0.1, 0.15) is 5.82 Å². The first kappa shape index (κ1) is 11.2. The number of nitrogens with zero attached hydrogens (tertiary/aromatic N) is 4. The van der Waals surface area contributed by atoms with Crippen molar-refractivity contribution in [3.05, 3.63) is 17.5 Å². The summed E-state index contributed by atoms with van der Waals surface area (Å²) >= 11 is 5.82. The highest BCUT2D eigenvalue weighted by Gasteiger charge is 2.28. The van der Waals surface area contributed by atoms with E-state index in [1.165, 1.54) is 19.3 Å². The van der Waals surface area contributed by atoms with Crippen molar-refractivity contribution in [3.8, 4) is 0 Å². The third kappa shape index (κ3) is 2.38. The molecule has 0 atom stereocenters. The molecule has 1 saturated heterocycles. The maximum Gasteiger partial charge on any atom is 0.224 e. The van der Waals surface area contributed by atoms with Crippen LogP contribution in [0.1, 0.15) is 19.3 Å². The van der Waals surface area contributed by atoms with E-state index in [1.807, 2.05) is 6.07 Å². The van der Waals surface area contributed by atoms with Gasteiger partial charge in [-0.05, 0) is 30.5 Å². The van der Waals surface area contributed by atoms with Crippen molar-refractivity contribution in [2.24, 2.45) is 0 Å². The number of hydrogen-bond donors (Lipinski definition) is 0. The number of rotatable bonds is 2. The summed E-state index contributed by atoms with van der Waals surface area (Å²) in [5, 5.41) is 0.337. The SMILES string of the molecule is Clc1nccc(N2CCN(C3CCC3)CC2)n1. The van der Waals surface area contributed by atoms with Gasteiger partial charge in [0, 0.05) is 38.4 Å². The average molecular weight is 253 g/mol. The number of piperazine rings is 1. The molecule has 5 heteroatoms. The van der Waals surface area contributed by atoms with E-state index in [9.17, 15) is 0 Å². The van der Waals surface area contributed by atoms with Gasteiger partial charge in [0.15, 0.2) is 0 Å². The highest BCUT2D eigenvalue weighted by atomic mass is 35.5. The summed E-state index contributed by atoms with van der Waals surface area (Å²) in [6.07, 6.45) is 5.91. The minimum Gasteiger partial charge on any atom is -0.354 e. The average Bonchev–Trinajstić information content (AvgIpc) is 2.28. The Balaban J connectivity index is 1.60. The Bertz CT molecular complexity index is 386. The minimum atomic E-state index is 0.337. The monoisotopic (exact) mass is 252 g/mol. The number of anilines is 1. The van der Waals surface area contributed by atoms with Crippen molar-refractivity contribution in [1.82, 2.24) is 14.9 Å². The molecule has 1 aromatic rings. The number of aromatic nitrogens is 2. The van der Waals surface area contributed by atoms with Gasteiger partial charge >= 0.3 is 0 Å². The van der Waals surface area contributed by atoms with E-state index in [-0.39, 0.29) is 0 Å². The van der Waals surface area contributed by atoms with E-state index in [0.717, 1.165) is 38.0 Å². The Morgan fingerprint density at radius 2 is 1.94 bits per heavy atom. The molecule has 0 bridgehead atoms. The Morgan fingerprint density at radius 1 is 1.18 bits per heavy atom. The molecule has 0 aromatic carbocycles. The van der Waals surface area contributed by atoms with Crippen LogP contribution in [0.4, 0.5) is 5.82 Å².